The highest BCUT2D eigenvalue weighted by molar-refractivity contribution is 7.47. The summed E-state index contributed by atoms with van der Waals surface area (Å²) in [5, 5.41) is 10.6. The first-order valence-electron chi connectivity index (χ1n) is 42.8. The summed E-state index contributed by atoms with van der Waals surface area (Å²) >= 11 is 0. The summed E-state index contributed by atoms with van der Waals surface area (Å²) in [7, 11) is -9.92. The Morgan fingerprint density at radius 1 is 0.265 bits per heavy atom. The van der Waals surface area contributed by atoms with Gasteiger partial charge in [0.05, 0.1) is 26.4 Å². The Bertz CT molecular complexity index is 1970. The van der Waals surface area contributed by atoms with Crippen molar-refractivity contribution in [2.24, 2.45) is 17.8 Å². The van der Waals surface area contributed by atoms with Crippen molar-refractivity contribution in [3.8, 4) is 0 Å². The molecule has 2 unspecified atom stereocenters. The van der Waals surface area contributed by atoms with Gasteiger partial charge in [-0.2, -0.15) is 0 Å². The lowest BCUT2D eigenvalue weighted by Gasteiger charge is -2.21. The van der Waals surface area contributed by atoms with Crippen molar-refractivity contribution in [3.05, 3.63) is 0 Å². The van der Waals surface area contributed by atoms with Crippen molar-refractivity contribution < 1.29 is 80.2 Å². The van der Waals surface area contributed by atoms with E-state index in [-0.39, 0.29) is 25.7 Å². The third-order valence-corrected chi connectivity index (χ3v) is 21.3. The third kappa shape index (κ3) is 76.3. The molecular weight excluding hydrogens is 1330 g/mol. The van der Waals surface area contributed by atoms with Crippen molar-refractivity contribution in [2.45, 2.75) is 452 Å². The molecule has 0 spiro atoms. The fourth-order valence-electron chi connectivity index (χ4n) is 12.8. The van der Waals surface area contributed by atoms with Crippen LogP contribution in [-0.2, 0) is 65.4 Å². The number of esters is 4. The number of aliphatic hydroxyl groups excluding tert-OH is 1. The van der Waals surface area contributed by atoms with Gasteiger partial charge in [-0.15, -0.1) is 0 Å². The number of rotatable bonds is 81. The zero-order valence-electron chi connectivity index (χ0n) is 67.1. The van der Waals surface area contributed by atoms with Gasteiger partial charge in [0.2, 0.25) is 0 Å². The Hall–Kier alpha value is -1.94. The van der Waals surface area contributed by atoms with E-state index in [9.17, 15) is 43.2 Å². The van der Waals surface area contributed by atoms with E-state index in [4.69, 9.17) is 37.0 Å². The van der Waals surface area contributed by atoms with Crippen molar-refractivity contribution in [1.82, 2.24) is 0 Å². The van der Waals surface area contributed by atoms with Gasteiger partial charge in [0.25, 0.3) is 0 Å². The van der Waals surface area contributed by atoms with Crippen LogP contribution in [0.3, 0.4) is 0 Å². The van der Waals surface area contributed by atoms with Gasteiger partial charge in [0, 0.05) is 25.7 Å². The molecule has 0 saturated carbocycles. The first kappa shape index (κ1) is 100. The topological polar surface area (TPSA) is 237 Å². The number of ether oxygens (including phenoxy) is 4. The molecule has 0 fully saturated rings. The molecule has 0 aliphatic carbocycles. The lowest BCUT2D eigenvalue weighted by Crippen LogP contribution is -2.30. The Balaban J connectivity index is 5.21. The SMILES string of the molecule is CCCCCCCCCCCCCCCCCCC(=O)O[C@H](COC(=O)CCCCCCCCC(C)C)COP(=O)(O)OC[C@H](O)COP(=O)(O)OC[C@@H](COC(=O)CCCCCCCCCCCCCCCC(C)C)OC(=O)CCCCCCCCCCCCCCCCCCCCC(C)C. The first-order valence-corrected chi connectivity index (χ1v) is 45.8. The number of hydrogen-bond donors (Lipinski definition) is 3. The Kier molecular flexibility index (Phi) is 71.8. The number of carbonyl (C=O) groups is 4. The highest BCUT2D eigenvalue weighted by atomic mass is 31.2. The number of phosphoric acid groups is 2. The van der Waals surface area contributed by atoms with Gasteiger partial charge < -0.3 is 33.8 Å². The second-order valence-corrected chi connectivity index (χ2v) is 34.2. The molecule has 0 amide bonds. The molecule has 102 heavy (non-hydrogen) atoms. The molecular formula is C83H162O17P2. The van der Waals surface area contributed by atoms with E-state index >= 15 is 0 Å². The number of hydrogen-bond acceptors (Lipinski definition) is 15. The normalized spacial score (nSPS) is 13.9. The summed E-state index contributed by atoms with van der Waals surface area (Å²) < 4.78 is 68.7. The molecule has 0 aliphatic rings. The molecule has 606 valence electrons. The van der Waals surface area contributed by atoms with Crippen LogP contribution < -0.4 is 0 Å². The zero-order valence-corrected chi connectivity index (χ0v) is 68.9. The molecule has 0 aromatic rings. The number of aliphatic hydroxyl groups is 1. The Morgan fingerprint density at radius 2 is 0.451 bits per heavy atom. The summed E-state index contributed by atoms with van der Waals surface area (Å²) in [6, 6.07) is 0. The second-order valence-electron chi connectivity index (χ2n) is 31.3. The van der Waals surface area contributed by atoms with Crippen LogP contribution in [0.1, 0.15) is 434 Å². The molecule has 3 N–H and O–H groups in total. The standard InChI is InChI=1S/C83H162O17P2/c1-8-9-10-11-12-13-14-15-16-22-27-33-38-43-52-59-67-83(88)100-79(71-94-81(86)65-58-51-46-45-49-56-63-76(6)7)73-98-102(91,92)96-69-77(84)68-95-101(89,90)97-72-78(70-93-80(85)64-57-50-42-37-32-29-24-26-31-36-41-48-55-62-75(4)5)99-82(87)66-60-53-44-39-34-28-23-20-18-17-19-21-25-30-35-40-47-54-61-74(2)3/h74-79,84H,8-73H2,1-7H3,(H,89,90)(H,91,92)/t77-,78-,79-/m1/s1. The number of phosphoric ester groups is 2. The summed E-state index contributed by atoms with van der Waals surface area (Å²) in [5.41, 5.74) is 0. The van der Waals surface area contributed by atoms with Crippen LogP contribution in [0.15, 0.2) is 0 Å². The van der Waals surface area contributed by atoms with E-state index in [1.165, 1.54) is 238 Å². The average molecular weight is 1490 g/mol. The number of unbranched alkanes of at least 4 members (excludes halogenated alkanes) is 49. The summed E-state index contributed by atoms with van der Waals surface area (Å²) in [6.07, 6.45) is 62.6. The first-order chi connectivity index (χ1) is 49.2. The van der Waals surface area contributed by atoms with Gasteiger partial charge >= 0.3 is 39.5 Å². The van der Waals surface area contributed by atoms with Gasteiger partial charge in [0.15, 0.2) is 12.2 Å². The molecule has 19 heteroatoms. The molecule has 5 atom stereocenters. The Labute approximate surface area is 626 Å². The van der Waals surface area contributed by atoms with E-state index in [0.29, 0.717) is 31.6 Å². The lowest BCUT2D eigenvalue weighted by molar-refractivity contribution is -0.161. The van der Waals surface area contributed by atoms with E-state index < -0.39 is 97.5 Å². The third-order valence-electron chi connectivity index (χ3n) is 19.4. The van der Waals surface area contributed by atoms with Gasteiger partial charge in [0.1, 0.15) is 19.3 Å². The minimum atomic E-state index is -4.96. The highest BCUT2D eigenvalue weighted by Crippen LogP contribution is 2.45. The smallest absolute Gasteiger partial charge is 0.462 e. The number of carbonyl (C=O) groups excluding carboxylic acids is 4. The van der Waals surface area contributed by atoms with E-state index in [0.717, 1.165) is 108 Å². The summed E-state index contributed by atoms with van der Waals surface area (Å²) in [4.78, 5) is 73.1. The average Bonchev–Trinajstić information content (AvgIpc) is 0.919. The van der Waals surface area contributed by atoms with Crippen molar-refractivity contribution >= 4 is 39.5 Å². The van der Waals surface area contributed by atoms with Gasteiger partial charge in [-0.1, -0.05) is 382 Å². The van der Waals surface area contributed by atoms with E-state index in [1.807, 2.05) is 0 Å². The predicted molar refractivity (Wildman–Crippen MR) is 418 cm³/mol. The van der Waals surface area contributed by atoms with Gasteiger partial charge in [-0.25, -0.2) is 9.13 Å². The van der Waals surface area contributed by atoms with E-state index in [1.54, 1.807) is 0 Å². The predicted octanol–water partition coefficient (Wildman–Crippen LogP) is 24.9. The molecule has 0 bridgehead atoms. The van der Waals surface area contributed by atoms with Crippen molar-refractivity contribution in [1.29, 1.82) is 0 Å². The van der Waals surface area contributed by atoms with Crippen molar-refractivity contribution in [3.63, 3.8) is 0 Å². The quantitative estimate of drug-likeness (QED) is 0.0222. The van der Waals surface area contributed by atoms with Crippen LogP contribution in [0.5, 0.6) is 0 Å². The molecule has 17 nitrogen and oxygen atoms in total. The van der Waals surface area contributed by atoms with Crippen LogP contribution in [0, 0.1) is 17.8 Å². The zero-order chi connectivity index (χ0) is 75.1. The molecule has 0 aromatic heterocycles. The molecule has 0 saturated heterocycles. The highest BCUT2D eigenvalue weighted by Gasteiger charge is 2.30. The van der Waals surface area contributed by atoms with Crippen molar-refractivity contribution in [2.75, 3.05) is 39.6 Å². The van der Waals surface area contributed by atoms with Crippen LogP contribution in [0.25, 0.3) is 0 Å². The molecule has 0 radical (unpaired) electrons. The summed E-state index contributed by atoms with van der Waals surface area (Å²) in [6.45, 7) is 11.9. The largest absolute Gasteiger partial charge is 0.472 e. The lowest BCUT2D eigenvalue weighted by atomic mass is 10.0. The fourth-order valence-corrected chi connectivity index (χ4v) is 14.4. The molecule has 0 heterocycles. The second kappa shape index (κ2) is 73.2. The minimum absolute atomic E-state index is 0.107. The maximum atomic E-state index is 13.1. The summed E-state index contributed by atoms with van der Waals surface area (Å²) in [5.74, 6) is 0.181. The van der Waals surface area contributed by atoms with E-state index in [2.05, 4.69) is 48.5 Å². The van der Waals surface area contributed by atoms with Crippen LogP contribution in [0.2, 0.25) is 0 Å². The van der Waals surface area contributed by atoms with Gasteiger partial charge in [-0.3, -0.25) is 37.3 Å². The maximum absolute atomic E-state index is 13.1. The maximum Gasteiger partial charge on any atom is 0.472 e. The van der Waals surface area contributed by atoms with Gasteiger partial charge in [-0.05, 0) is 43.4 Å². The van der Waals surface area contributed by atoms with Crippen LogP contribution in [-0.4, -0.2) is 96.7 Å². The monoisotopic (exact) mass is 1490 g/mol. The molecule has 0 rings (SSSR count). The minimum Gasteiger partial charge on any atom is -0.462 e. The molecule has 0 aromatic carbocycles. The van der Waals surface area contributed by atoms with Crippen LogP contribution >= 0.6 is 15.6 Å². The molecule has 0 aliphatic heterocycles. The van der Waals surface area contributed by atoms with Crippen LogP contribution in [0.4, 0.5) is 0 Å². The Morgan fingerprint density at radius 3 is 0.667 bits per heavy atom. The fraction of sp³-hybridized carbons (Fsp3) is 0.952.